The lowest BCUT2D eigenvalue weighted by atomic mass is 9.86. The molecule has 1 amide bonds. The molecular formula is C21H23N3O2. The smallest absolute Gasteiger partial charge is 0.251 e. The van der Waals surface area contributed by atoms with Crippen LogP contribution in [-0.2, 0) is 0 Å². The Morgan fingerprint density at radius 2 is 1.81 bits per heavy atom. The van der Waals surface area contributed by atoms with Crippen molar-refractivity contribution in [3.63, 3.8) is 0 Å². The van der Waals surface area contributed by atoms with Crippen LogP contribution in [0.4, 0.5) is 0 Å². The highest BCUT2D eigenvalue weighted by Gasteiger charge is 2.22. The molecule has 5 nitrogen and oxygen atoms in total. The fourth-order valence-electron chi connectivity index (χ4n) is 3.70. The lowest BCUT2D eigenvalue weighted by Gasteiger charge is -2.28. The number of hydrogen-bond acceptors (Lipinski definition) is 3. The summed E-state index contributed by atoms with van der Waals surface area (Å²) in [5.74, 6) is 0.368. The first kappa shape index (κ1) is 16.8. The Balaban J connectivity index is 1.45. The van der Waals surface area contributed by atoms with Gasteiger partial charge in [-0.3, -0.25) is 9.36 Å². The van der Waals surface area contributed by atoms with E-state index in [1.165, 1.54) is 0 Å². The van der Waals surface area contributed by atoms with Gasteiger partial charge >= 0.3 is 0 Å². The minimum atomic E-state index is -0.0283. The number of para-hydroxylation sites is 2. The molecule has 0 radical (unpaired) electrons. The third-order valence-corrected chi connectivity index (χ3v) is 5.30. The van der Waals surface area contributed by atoms with Gasteiger partial charge in [-0.05, 0) is 68.0 Å². The second kappa shape index (κ2) is 7.30. The van der Waals surface area contributed by atoms with Crippen LogP contribution in [0.1, 0.15) is 36.0 Å². The van der Waals surface area contributed by atoms with Gasteiger partial charge in [-0.2, -0.15) is 0 Å². The van der Waals surface area contributed by atoms with Crippen LogP contribution in [0.25, 0.3) is 16.7 Å². The standard InChI is InChI=1S/C21H23N3O2/c25-13-15-5-9-17(10-6-15)23-21(26)16-7-11-18(12-8-16)24-14-22-19-3-1-2-4-20(19)24/h1-4,7-8,11-12,14-15,17,25H,5-6,9-10,13H2,(H,23,26). The SMILES string of the molecule is O=C(NC1CCC(CO)CC1)c1ccc(-n2cnc3ccccc32)cc1. The molecule has 0 saturated heterocycles. The summed E-state index contributed by atoms with van der Waals surface area (Å²) < 4.78 is 2.02. The fourth-order valence-corrected chi connectivity index (χ4v) is 3.70. The number of aliphatic hydroxyl groups is 1. The van der Waals surface area contributed by atoms with Crippen LogP contribution < -0.4 is 5.32 Å². The molecule has 1 saturated carbocycles. The summed E-state index contributed by atoms with van der Waals surface area (Å²) in [6, 6.07) is 15.8. The van der Waals surface area contributed by atoms with Crippen LogP contribution >= 0.6 is 0 Å². The third-order valence-electron chi connectivity index (χ3n) is 5.30. The van der Waals surface area contributed by atoms with E-state index >= 15 is 0 Å². The zero-order valence-corrected chi connectivity index (χ0v) is 14.6. The first-order valence-corrected chi connectivity index (χ1v) is 9.19. The number of rotatable bonds is 4. The number of aromatic nitrogens is 2. The predicted molar refractivity (Wildman–Crippen MR) is 101 cm³/mol. The number of carbonyl (C=O) groups excluding carboxylic acids is 1. The molecule has 5 heteroatoms. The molecule has 1 aromatic heterocycles. The second-order valence-electron chi connectivity index (χ2n) is 7.02. The molecule has 0 unspecified atom stereocenters. The maximum Gasteiger partial charge on any atom is 0.251 e. The summed E-state index contributed by atoms with van der Waals surface area (Å²) in [6.07, 6.45) is 5.65. The molecule has 0 aliphatic heterocycles. The van der Waals surface area contributed by atoms with E-state index in [1.54, 1.807) is 6.33 Å². The van der Waals surface area contributed by atoms with E-state index in [9.17, 15) is 9.90 Å². The predicted octanol–water partition coefficient (Wildman–Crippen LogP) is 3.31. The van der Waals surface area contributed by atoms with Gasteiger partial charge in [-0.25, -0.2) is 4.98 Å². The number of benzene rings is 2. The van der Waals surface area contributed by atoms with Gasteiger partial charge < -0.3 is 10.4 Å². The van der Waals surface area contributed by atoms with E-state index in [-0.39, 0.29) is 18.6 Å². The molecule has 0 bridgehead atoms. The van der Waals surface area contributed by atoms with Crippen molar-refractivity contribution in [3.8, 4) is 5.69 Å². The average molecular weight is 349 g/mol. The molecule has 26 heavy (non-hydrogen) atoms. The summed E-state index contributed by atoms with van der Waals surface area (Å²) >= 11 is 0. The normalized spacial score (nSPS) is 20.2. The summed E-state index contributed by atoms with van der Waals surface area (Å²) in [6.45, 7) is 0.255. The van der Waals surface area contributed by atoms with Crippen molar-refractivity contribution in [1.82, 2.24) is 14.9 Å². The van der Waals surface area contributed by atoms with E-state index in [1.807, 2.05) is 53.1 Å². The van der Waals surface area contributed by atoms with Gasteiger partial charge in [0, 0.05) is 23.9 Å². The van der Waals surface area contributed by atoms with Crippen LogP contribution in [0.2, 0.25) is 0 Å². The molecule has 4 rings (SSSR count). The monoisotopic (exact) mass is 349 g/mol. The van der Waals surface area contributed by atoms with Crippen molar-refractivity contribution in [3.05, 3.63) is 60.4 Å². The maximum absolute atomic E-state index is 12.5. The summed E-state index contributed by atoms with van der Waals surface area (Å²) in [7, 11) is 0. The second-order valence-corrected chi connectivity index (χ2v) is 7.02. The minimum absolute atomic E-state index is 0.0283. The van der Waals surface area contributed by atoms with E-state index in [0.717, 1.165) is 42.4 Å². The Morgan fingerprint density at radius 3 is 2.54 bits per heavy atom. The third kappa shape index (κ3) is 3.35. The van der Waals surface area contributed by atoms with Gasteiger partial charge in [0.25, 0.3) is 5.91 Å². The van der Waals surface area contributed by atoms with Crippen molar-refractivity contribution >= 4 is 16.9 Å². The Kier molecular flexibility index (Phi) is 4.71. The minimum Gasteiger partial charge on any atom is -0.396 e. The van der Waals surface area contributed by atoms with Crippen molar-refractivity contribution in [2.75, 3.05) is 6.61 Å². The van der Waals surface area contributed by atoms with Crippen molar-refractivity contribution < 1.29 is 9.90 Å². The first-order chi connectivity index (χ1) is 12.7. The quantitative estimate of drug-likeness (QED) is 0.759. The number of fused-ring (bicyclic) bond motifs is 1. The first-order valence-electron chi connectivity index (χ1n) is 9.19. The molecule has 1 aliphatic rings. The van der Waals surface area contributed by atoms with E-state index in [2.05, 4.69) is 10.3 Å². The highest BCUT2D eigenvalue weighted by atomic mass is 16.3. The molecule has 1 fully saturated rings. The summed E-state index contributed by atoms with van der Waals surface area (Å²) in [5, 5.41) is 12.3. The molecule has 1 heterocycles. The number of nitrogens with one attached hydrogen (secondary N) is 1. The van der Waals surface area contributed by atoms with Gasteiger partial charge in [0.05, 0.1) is 11.0 Å². The molecule has 0 atom stereocenters. The molecule has 134 valence electrons. The number of amides is 1. The number of aliphatic hydroxyl groups excluding tert-OH is 1. The highest BCUT2D eigenvalue weighted by molar-refractivity contribution is 5.94. The zero-order chi connectivity index (χ0) is 17.9. The molecule has 2 aromatic carbocycles. The average Bonchev–Trinajstić information content (AvgIpc) is 3.13. The molecule has 0 spiro atoms. The highest BCUT2D eigenvalue weighted by Crippen LogP contribution is 2.24. The maximum atomic E-state index is 12.5. The number of hydrogen-bond donors (Lipinski definition) is 2. The zero-order valence-electron chi connectivity index (χ0n) is 14.6. The number of nitrogens with zero attached hydrogens (tertiary/aromatic N) is 2. The topological polar surface area (TPSA) is 67.2 Å². The van der Waals surface area contributed by atoms with E-state index < -0.39 is 0 Å². The molecule has 3 aromatic rings. The number of imidazole rings is 1. The van der Waals surface area contributed by atoms with E-state index in [0.29, 0.717) is 11.5 Å². The van der Waals surface area contributed by atoms with Crippen LogP contribution in [0.15, 0.2) is 54.9 Å². The largest absolute Gasteiger partial charge is 0.396 e. The molecule has 1 aliphatic carbocycles. The van der Waals surface area contributed by atoms with Gasteiger partial charge in [-0.1, -0.05) is 12.1 Å². The van der Waals surface area contributed by atoms with Gasteiger partial charge in [0.2, 0.25) is 0 Å². The van der Waals surface area contributed by atoms with Gasteiger partial charge in [0.1, 0.15) is 6.33 Å². The van der Waals surface area contributed by atoms with Crippen molar-refractivity contribution in [1.29, 1.82) is 0 Å². The summed E-state index contributed by atoms with van der Waals surface area (Å²) in [5.41, 5.74) is 3.65. The lowest BCUT2D eigenvalue weighted by Crippen LogP contribution is -2.38. The Morgan fingerprint density at radius 1 is 1.08 bits per heavy atom. The fraction of sp³-hybridized carbons (Fsp3) is 0.333. The van der Waals surface area contributed by atoms with Crippen LogP contribution in [0.5, 0.6) is 0 Å². The van der Waals surface area contributed by atoms with E-state index in [4.69, 9.17) is 0 Å². The summed E-state index contributed by atoms with van der Waals surface area (Å²) in [4.78, 5) is 16.9. The molecular weight excluding hydrogens is 326 g/mol. The number of carbonyl (C=O) groups is 1. The van der Waals surface area contributed by atoms with Crippen LogP contribution in [0, 0.1) is 5.92 Å². The van der Waals surface area contributed by atoms with Gasteiger partial charge in [-0.15, -0.1) is 0 Å². The molecule has 2 N–H and O–H groups in total. The Bertz CT molecular complexity index is 893. The van der Waals surface area contributed by atoms with Crippen molar-refractivity contribution in [2.45, 2.75) is 31.7 Å². The Hall–Kier alpha value is -2.66. The van der Waals surface area contributed by atoms with Crippen molar-refractivity contribution in [2.24, 2.45) is 5.92 Å². The lowest BCUT2D eigenvalue weighted by molar-refractivity contribution is 0.0914. The Labute approximate surface area is 152 Å². The van der Waals surface area contributed by atoms with Crippen LogP contribution in [-0.4, -0.2) is 33.2 Å². The van der Waals surface area contributed by atoms with Crippen LogP contribution in [0.3, 0.4) is 0 Å². The van der Waals surface area contributed by atoms with Gasteiger partial charge in [0.15, 0.2) is 0 Å².